The highest BCUT2D eigenvalue weighted by Crippen LogP contribution is 2.16. The van der Waals surface area contributed by atoms with Crippen LogP contribution >= 0.6 is 12.4 Å². The third kappa shape index (κ3) is 4.21. The quantitative estimate of drug-likeness (QED) is 0.802. The first-order valence-corrected chi connectivity index (χ1v) is 6.32. The molecule has 0 aromatic heterocycles. The number of piperidine rings is 1. The van der Waals surface area contributed by atoms with Crippen molar-refractivity contribution in [3.8, 4) is 0 Å². The summed E-state index contributed by atoms with van der Waals surface area (Å²) in [5.41, 5.74) is 0. The van der Waals surface area contributed by atoms with E-state index in [2.05, 4.69) is 24.1 Å². The molecule has 2 aliphatic heterocycles. The fourth-order valence-corrected chi connectivity index (χ4v) is 2.88. The molecule has 0 bridgehead atoms. The molecule has 4 heteroatoms. The van der Waals surface area contributed by atoms with Crippen LogP contribution in [0, 0.1) is 5.92 Å². The highest BCUT2D eigenvalue weighted by molar-refractivity contribution is 5.85. The van der Waals surface area contributed by atoms with Gasteiger partial charge in [-0.25, -0.2) is 0 Å². The van der Waals surface area contributed by atoms with Crippen molar-refractivity contribution in [2.45, 2.75) is 38.9 Å². The van der Waals surface area contributed by atoms with Gasteiger partial charge < -0.3 is 10.1 Å². The Kier molecular flexibility index (Phi) is 6.05. The van der Waals surface area contributed by atoms with Crippen molar-refractivity contribution in [1.82, 2.24) is 10.2 Å². The maximum Gasteiger partial charge on any atom is 0.0678 e. The summed E-state index contributed by atoms with van der Waals surface area (Å²) in [5, 5.41) is 3.49. The van der Waals surface area contributed by atoms with Crippen LogP contribution in [0.15, 0.2) is 0 Å². The second-order valence-corrected chi connectivity index (χ2v) is 5.19. The molecule has 2 fully saturated rings. The normalized spacial score (nSPS) is 36.8. The van der Waals surface area contributed by atoms with Crippen LogP contribution in [0.2, 0.25) is 0 Å². The van der Waals surface area contributed by atoms with Gasteiger partial charge >= 0.3 is 0 Å². The molecular formula is C12H25ClN2O. The molecule has 2 aliphatic rings. The Balaban J connectivity index is 0.00000128. The molecule has 0 spiro atoms. The van der Waals surface area contributed by atoms with Gasteiger partial charge in [-0.3, -0.25) is 4.90 Å². The summed E-state index contributed by atoms with van der Waals surface area (Å²) in [6, 6.07) is 0. The molecule has 3 nitrogen and oxygen atoms in total. The van der Waals surface area contributed by atoms with E-state index >= 15 is 0 Å². The molecule has 16 heavy (non-hydrogen) atoms. The number of hydrogen-bond donors (Lipinski definition) is 1. The first-order valence-electron chi connectivity index (χ1n) is 6.32. The average Bonchev–Trinajstić information content (AvgIpc) is 2.17. The lowest BCUT2D eigenvalue weighted by atomic mass is 9.98. The number of rotatable bonds is 2. The maximum atomic E-state index is 5.75. The highest BCUT2D eigenvalue weighted by Gasteiger charge is 2.24. The van der Waals surface area contributed by atoms with Gasteiger partial charge in [-0.05, 0) is 45.7 Å². The van der Waals surface area contributed by atoms with E-state index in [0.29, 0.717) is 12.2 Å². The lowest BCUT2D eigenvalue weighted by Crippen LogP contribution is -2.48. The van der Waals surface area contributed by atoms with Crippen LogP contribution in [-0.4, -0.2) is 49.8 Å². The minimum atomic E-state index is 0. The van der Waals surface area contributed by atoms with Crippen LogP contribution in [0.5, 0.6) is 0 Å². The molecule has 0 aromatic rings. The minimum absolute atomic E-state index is 0. The van der Waals surface area contributed by atoms with E-state index in [1.165, 1.54) is 32.5 Å². The Morgan fingerprint density at radius 3 is 2.50 bits per heavy atom. The fraction of sp³-hybridized carbons (Fsp3) is 1.00. The number of morpholine rings is 1. The second kappa shape index (κ2) is 6.80. The Morgan fingerprint density at radius 2 is 1.94 bits per heavy atom. The highest BCUT2D eigenvalue weighted by atomic mass is 35.5. The number of ether oxygens (including phenoxy) is 1. The van der Waals surface area contributed by atoms with Gasteiger partial charge in [0.15, 0.2) is 0 Å². The summed E-state index contributed by atoms with van der Waals surface area (Å²) in [7, 11) is 0. The van der Waals surface area contributed by atoms with Crippen LogP contribution in [0.25, 0.3) is 0 Å². The van der Waals surface area contributed by atoms with Crippen LogP contribution in [0.3, 0.4) is 0 Å². The van der Waals surface area contributed by atoms with Crippen LogP contribution < -0.4 is 5.32 Å². The average molecular weight is 249 g/mol. The zero-order valence-corrected chi connectivity index (χ0v) is 11.3. The summed E-state index contributed by atoms with van der Waals surface area (Å²) >= 11 is 0. The third-order valence-corrected chi connectivity index (χ3v) is 3.41. The standard InChI is InChI=1S/C12H24N2O.ClH/c1-10-7-14(8-11(2)15-10)9-12-4-3-5-13-6-12;/h10-13H,3-9H2,1-2H3;1H. The van der Waals surface area contributed by atoms with E-state index in [-0.39, 0.29) is 12.4 Å². The van der Waals surface area contributed by atoms with Crippen molar-refractivity contribution in [1.29, 1.82) is 0 Å². The van der Waals surface area contributed by atoms with E-state index in [1.54, 1.807) is 0 Å². The van der Waals surface area contributed by atoms with E-state index in [0.717, 1.165) is 19.0 Å². The number of nitrogens with one attached hydrogen (secondary N) is 1. The lowest BCUT2D eigenvalue weighted by Gasteiger charge is -2.38. The van der Waals surface area contributed by atoms with Crippen molar-refractivity contribution in [2.75, 3.05) is 32.7 Å². The molecule has 0 radical (unpaired) electrons. The van der Waals surface area contributed by atoms with Crippen molar-refractivity contribution >= 4 is 12.4 Å². The van der Waals surface area contributed by atoms with Gasteiger partial charge in [-0.2, -0.15) is 0 Å². The molecule has 3 unspecified atom stereocenters. The van der Waals surface area contributed by atoms with Crippen LogP contribution in [0.4, 0.5) is 0 Å². The zero-order valence-electron chi connectivity index (χ0n) is 10.4. The smallest absolute Gasteiger partial charge is 0.0678 e. The van der Waals surface area contributed by atoms with Gasteiger partial charge in [0.1, 0.15) is 0 Å². The summed E-state index contributed by atoms with van der Waals surface area (Å²) in [6.45, 7) is 10.3. The molecule has 96 valence electrons. The molecule has 1 N–H and O–H groups in total. The first-order chi connectivity index (χ1) is 7.24. The van der Waals surface area contributed by atoms with Gasteiger partial charge in [0.05, 0.1) is 12.2 Å². The number of hydrogen-bond acceptors (Lipinski definition) is 3. The monoisotopic (exact) mass is 248 g/mol. The van der Waals surface area contributed by atoms with Gasteiger partial charge in [0, 0.05) is 19.6 Å². The molecule has 3 atom stereocenters. The van der Waals surface area contributed by atoms with Crippen molar-refractivity contribution in [3.05, 3.63) is 0 Å². The molecule has 2 heterocycles. The molecule has 0 amide bonds. The summed E-state index contributed by atoms with van der Waals surface area (Å²) in [5.74, 6) is 0.858. The van der Waals surface area contributed by atoms with Gasteiger partial charge in [-0.1, -0.05) is 0 Å². The van der Waals surface area contributed by atoms with E-state index < -0.39 is 0 Å². The number of halogens is 1. The Morgan fingerprint density at radius 1 is 1.25 bits per heavy atom. The minimum Gasteiger partial charge on any atom is -0.373 e. The predicted octanol–water partition coefficient (Wildman–Crippen LogP) is 1.52. The van der Waals surface area contributed by atoms with E-state index in [4.69, 9.17) is 4.74 Å². The molecule has 2 rings (SSSR count). The zero-order chi connectivity index (χ0) is 10.7. The third-order valence-electron chi connectivity index (χ3n) is 3.41. The van der Waals surface area contributed by atoms with Gasteiger partial charge in [0.25, 0.3) is 0 Å². The summed E-state index contributed by atoms with van der Waals surface area (Å²) < 4.78 is 5.75. The fourth-order valence-electron chi connectivity index (χ4n) is 2.88. The predicted molar refractivity (Wildman–Crippen MR) is 69.3 cm³/mol. The van der Waals surface area contributed by atoms with Gasteiger partial charge in [0.2, 0.25) is 0 Å². The lowest BCUT2D eigenvalue weighted by molar-refractivity contribution is -0.0720. The topological polar surface area (TPSA) is 24.5 Å². The molecule has 0 saturated carbocycles. The van der Waals surface area contributed by atoms with Gasteiger partial charge in [-0.15, -0.1) is 12.4 Å². The Bertz CT molecular complexity index is 187. The Labute approximate surface area is 105 Å². The van der Waals surface area contributed by atoms with E-state index in [1.807, 2.05) is 0 Å². The molecule has 2 saturated heterocycles. The summed E-state index contributed by atoms with van der Waals surface area (Å²) in [6.07, 6.45) is 3.56. The molecule has 0 aliphatic carbocycles. The second-order valence-electron chi connectivity index (χ2n) is 5.19. The van der Waals surface area contributed by atoms with Crippen molar-refractivity contribution < 1.29 is 4.74 Å². The number of nitrogens with zero attached hydrogens (tertiary/aromatic N) is 1. The first kappa shape index (κ1) is 14.2. The molecular weight excluding hydrogens is 224 g/mol. The van der Waals surface area contributed by atoms with Crippen LogP contribution in [0.1, 0.15) is 26.7 Å². The maximum absolute atomic E-state index is 5.75. The molecule has 0 aromatic carbocycles. The van der Waals surface area contributed by atoms with E-state index in [9.17, 15) is 0 Å². The van der Waals surface area contributed by atoms with Crippen molar-refractivity contribution in [2.24, 2.45) is 5.92 Å². The SMILES string of the molecule is CC1CN(CC2CCCNC2)CC(C)O1.Cl. The van der Waals surface area contributed by atoms with Crippen LogP contribution in [-0.2, 0) is 4.74 Å². The largest absolute Gasteiger partial charge is 0.373 e. The Hall–Kier alpha value is 0.170. The summed E-state index contributed by atoms with van der Waals surface area (Å²) in [4.78, 5) is 2.58. The van der Waals surface area contributed by atoms with Crippen molar-refractivity contribution in [3.63, 3.8) is 0 Å².